The van der Waals surface area contributed by atoms with Gasteiger partial charge in [-0.1, -0.05) is 35.3 Å². The van der Waals surface area contributed by atoms with Crippen molar-refractivity contribution in [3.63, 3.8) is 0 Å². The lowest BCUT2D eigenvalue weighted by Crippen LogP contribution is -2.29. The predicted octanol–water partition coefficient (Wildman–Crippen LogP) is 3.88. The highest BCUT2D eigenvalue weighted by atomic mass is 79.9. The van der Waals surface area contributed by atoms with E-state index in [0.29, 0.717) is 21.3 Å². The van der Waals surface area contributed by atoms with Crippen LogP contribution < -0.4 is 4.90 Å². The Bertz CT molecular complexity index is 780. The monoisotopic (exact) mass is 384 g/mol. The van der Waals surface area contributed by atoms with E-state index >= 15 is 0 Å². The third-order valence-corrected chi connectivity index (χ3v) is 4.34. The van der Waals surface area contributed by atoms with Gasteiger partial charge in [0.15, 0.2) is 0 Å². The van der Waals surface area contributed by atoms with Crippen molar-refractivity contribution < 1.29 is 9.59 Å². The average molecular weight is 386 g/mol. The van der Waals surface area contributed by atoms with E-state index in [4.69, 9.17) is 23.2 Å². The highest BCUT2D eigenvalue weighted by Gasteiger charge is 2.37. The molecule has 0 aliphatic carbocycles. The van der Waals surface area contributed by atoms with Gasteiger partial charge in [-0.3, -0.25) is 14.5 Å². The summed E-state index contributed by atoms with van der Waals surface area (Å²) in [6.45, 7) is 0.156. The smallest absolute Gasteiger partial charge is 0.299 e. The maximum absolute atomic E-state index is 12.2. The molecule has 4 nitrogen and oxygen atoms in total. The minimum Gasteiger partial charge on any atom is -0.299 e. The zero-order chi connectivity index (χ0) is 15.1. The number of hydrogen-bond acceptors (Lipinski definition) is 3. The Hall–Kier alpha value is -1.43. The molecule has 2 aromatic rings. The van der Waals surface area contributed by atoms with Crippen LogP contribution in [0.3, 0.4) is 0 Å². The molecule has 0 bridgehead atoms. The number of Topliss-reactive ketones (excluding diaryl/α,β-unsaturated/α-hetero) is 1. The summed E-state index contributed by atoms with van der Waals surface area (Å²) in [5.74, 6) is -1.10. The van der Waals surface area contributed by atoms with Gasteiger partial charge in [-0.25, -0.2) is 4.98 Å². The topological polar surface area (TPSA) is 50.3 Å². The van der Waals surface area contributed by atoms with Crippen LogP contribution in [0.1, 0.15) is 15.9 Å². The second kappa shape index (κ2) is 5.40. The van der Waals surface area contributed by atoms with Gasteiger partial charge in [-0.05, 0) is 34.1 Å². The highest BCUT2D eigenvalue weighted by molar-refractivity contribution is 9.10. The zero-order valence-electron chi connectivity index (χ0n) is 10.4. The lowest BCUT2D eigenvalue weighted by molar-refractivity contribution is -0.114. The van der Waals surface area contributed by atoms with E-state index in [2.05, 4.69) is 20.9 Å². The van der Waals surface area contributed by atoms with Crippen molar-refractivity contribution in [2.45, 2.75) is 6.54 Å². The van der Waals surface area contributed by atoms with Crippen LogP contribution in [0, 0.1) is 0 Å². The first-order valence-corrected chi connectivity index (χ1v) is 7.49. The third-order valence-electron chi connectivity index (χ3n) is 3.16. The Balaban J connectivity index is 2.04. The van der Waals surface area contributed by atoms with E-state index in [0.717, 1.165) is 0 Å². The maximum Gasteiger partial charge on any atom is 0.299 e. The van der Waals surface area contributed by atoms with Gasteiger partial charge in [0, 0.05) is 10.0 Å². The van der Waals surface area contributed by atoms with Gasteiger partial charge in [0.2, 0.25) is 0 Å². The van der Waals surface area contributed by atoms with Gasteiger partial charge in [-0.15, -0.1) is 0 Å². The first-order chi connectivity index (χ1) is 9.99. The lowest BCUT2D eigenvalue weighted by Gasteiger charge is -2.18. The van der Waals surface area contributed by atoms with E-state index in [1.165, 1.54) is 4.90 Å². The second-order valence-electron chi connectivity index (χ2n) is 4.44. The van der Waals surface area contributed by atoms with Gasteiger partial charge in [0.1, 0.15) is 10.3 Å². The summed E-state index contributed by atoms with van der Waals surface area (Å²) < 4.78 is 0.678. The molecule has 1 aromatic heterocycles. The molecule has 0 atom stereocenters. The van der Waals surface area contributed by atoms with Crippen molar-refractivity contribution in [1.82, 2.24) is 4.98 Å². The van der Waals surface area contributed by atoms with Gasteiger partial charge in [0.25, 0.3) is 11.7 Å². The number of para-hydroxylation sites is 1. The summed E-state index contributed by atoms with van der Waals surface area (Å²) in [7, 11) is 0. The molecule has 7 heteroatoms. The molecule has 0 saturated carbocycles. The minimum absolute atomic E-state index is 0.156. The van der Waals surface area contributed by atoms with Crippen LogP contribution in [0.15, 0.2) is 34.8 Å². The molecule has 1 aromatic carbocycles. The van der Waals surface area contributed by atoms with Crippen LogP contribution in [-0.2, 0) is 11.3 Å². The SMILES string of the molecule is O=C1C(=O)N(Cc2ccc(Cl)nc2Cl)c2c(Br)cccc21. The number of carbonyl (C=O) groups excluding carboxylic acids is 2. The Kier molecular flexibility index (Phi) is 3.73. The third kappa shape index (κ3) is 2.46. The van der Waals surface area contributed by atoms with Crippen LogP contribution in [0.25, 0.3) is 0 Å². The van der Waals surface area contributed by atoms with Crippen LogP contribution in [-0.4, -0.2) is 16.7 Å². The molecular weight excluding hydrogens is 379 g/mol. The fourth-order valence-corrected chi connectivity index (χ4v) is 3.18. The van der Waals surface area contributed by atoms with Gasteiger partial charge < -0.3 is 0 Å². The number of ketones is 1. The van der Waals surface area contributed by atoms with Crippen molar-refractivity contribution in [2.75, 3.05) is 4.90 Å². The van der Waals surface area contributed by atoms with Crippen molar-refractivity contribution >= 4 is 56.5 Å². The standard InChI is InChI=1S/C14H7BrCl2N2O2/c15-9-3-1-2-8-11(9)19(14(21)12(8)20)6-7-4-5-10(16)18-13(7)17/h1-5H,6H2. The van der Waals surface area contributed by atoms with Crippen molar-refractivity contribution in [2.24, 2.45) is 0 Å². The zero-order valence-corrected chi connectivity index (χ0v) is 13.5. The van der Waals surface area contributed by atoms with E-state index in [9.17, 15) is 9.59 Å². The van der Waals surface area contributed by atoms with Crippen LogP contribution in [0.2, 0.25) is 10.3 Å². The summed E-state index contributed by atoms with van der Waals surface area (Å²) in [6, 6.07) is 8.40. The molecule has 0 saturated heterocycles. The molecule has 21 heavy (non-hydrogen) atoms. The van der Waals surface area contributed by atoms with Gasteiger partial charge in [-0.2, -0.15) is 0 Å². The van der Waals surface area contributed by atoms with Crippen LogP contribution in [0.5, 0.6) is 0 Å². The van der Waals surface area contributed by atoms with Gasteiger partial charge in [0.05, 0.1) is 17.8 Å². The largest absolute Gasteiger partial charge is 0.299 e. The highest BCUT2D eigenvalue weighted by Crippen LogP contribution is 2.37. The lowest BCUT2D eigenvalue weighted by atomic mass is 10.1. The van der Waals surface area contributed by atoms with E-state index < -0.39 is 11.7 Å². The molecule has 1 aliphatic heterocycles. The maximum atomic E-state index is 12.2. The quantitative estimate of drug-likeness (QED) is 0.582. The summed E-state index contributed by atoms with van der Waals surface area (Å²) in [4.78, 5) is 29.5. The fourth-order valence-electron chi connectivity index (χ4n) is 2.19. The molecule has 0 radical (unpaired) electrons. The summed E-state index contributed by atoms with van der Waals surface area (Å²) in [5, 5.41) is 0.484. The van der Waals surface area contributed by atoms with Crippen molar-refractivity contribution in [3.05, 3.63) is 56.2 Å². The Morgan fingerprint density at radius 2 is 1.90 bits per heavy atom. The number of anilines is 1. The summed E-state index contributed by atoms with van der Waals surface area (Å²) >= 11 is 15.2. The molecule has 1 amide bonds. The Morgan fingerprint density at radius 3 is 2.62 bits per heavy atom. The number of fused-ring (bicyclic) bond motifs is 1. The predicted molar refractivity (Wildman–Crippen MR) is 83.9 cm³/mol. The van der Waals surface area contributed by atoms with E-state index in [1.54, 1.807) is 30.3 Å². The number of benzene rings is 1. The molecular formula is C14H7BrCl2N2O2. The second-order valence-corrected chi connectivity index (χ2v) is 6.04. The minimum atomic E-state index is -0.581. The van der Waals surface area contributed by atoms with E-state index in [-0.39, 0.29) is 16.9 Å². The van der Waals surface area contributed by atoms with E-state index in [1.807, 2.05) is 0 Å². The number of pyridine rings is 1. The summed E-state index contributed by atoms with van der Waals surface area (Å²) in [5.41, 5.74) is 1.55. The first-order valence-electron chi connectivity index (χ1n) is 5.94. The molecule has 106 valence electrons. The molecule has 3 rings (SSSR count). The molecule has 0 fully saturated rings. The number of rotatable bonds is 2. The van der Waals surface area contributed by atoms with Crippen molar-refractivity contribution in [1.29, 1.82) is 0 Å². The van der Waals surface area contributed by atoms with Crippen molar-refractivity contribution in [3.8, 4) is 0 Å². The number of hydrogen-bond donors (Lipinski definition) is 0. The normalized spacial score (nSPS) is 13.8. The number of aromatic nitrogens is 1. The Morgan fingerprint density at radius 1 is 1.14 bits per heavy atom. The molecule has 0 spiro atoms. The fraction of sp³-hybridized carbons (Fsp3) is 0.0714. The number of nitrogens with zero attached hydrogens (tertiary/aromatic N) is 2. The molecule has 0 unspecified atom stereocenters. The number of halogens is 3. The van der Waals surface area contributed by atoms with Crippen LogP contribution in [0.4, 0.5) is 5.69 Å². The number of carbonyl (C=O) groups is 2. The summed E-state index contributed by atoms with van der Waals surface area (Å²) in [6.07, 6.45) is 0. The molecule has 2 heterocycles. The molecule has 1 aliphatic rings. The first kappa shape index (κ1) is 14.5. The Labute approximate surface area is 138 Å². The molecule has 0 N–H and O–H groups in total. The van der Waals surface area contributed by atoms with Gasteiger partial charge >= 0.3 is 0 Å². The van der Waals surface area contributed by atoms with Crippen LogP contribution >= 0.6 is 39.1 Å². The average Bonchev–Trinajstić information content (AvgIpc) is 2.68. The number of amides is 1.